The monoisotopic (exact) mass is 468 g/mol. The van der Waals surface area contributed by atoms with Gasteiger partial charge in [0.05, 0.1) is 45.3 Å². The topological polar surface area (TPSA) is 102 Å². The van der Waals surface area contributed by atoms with Gasteiger partial charge in [0.2, 0.25) is 10.0 Å². The van der Waals surface area contributed by atoms with Gasteiger partial charge in [-0.3, -0.25) is 9.78 Å². The van der Waals surface area contributed by atoms with Crippen molar-refractivity contribution in [3.63, 3.8) is 0 Å². The number of carbonyl (C=O) groups is 1. The number of rotatable bonds is 8. The van der Waals surface area contributed by atoms with Crippen LogP contribution in [0.5, 0.6) is 0 Å². The van der Waals surface area contributed by atoms with Gasteiger partial charge in [-0.1, -0.05) is 11.6 Å². The molecular weight excluding hydrogens is 451 g/mol. The molecule has 1 aromatic carbocycles. The molecule has 0 aliphatic carbocycles. The highest BCUT2D eigenvalue weighted by Crippen LogP contribution is 2.20. The SMILES string of the molecule is Cc1nc(C)c(CCC(=O)c2cnc(CNS(=O)(=O)c3ccc(F)c(Cl)c3)cn2)s1. The average Bonchev–Trinajstić information content (AvgIpc) is 3.04. The van der Waals surface area contributed by atoms with Crippen LogP contribution in [0, 0.1) is 19.7 Å². The molecule has 1 N–H and O–H groups in total. The van der Waals surface area contributed by atoms with Crippen LogP contribution >= 0.6 is 22.9 Å². The number of aryl methyl sites for hydroxylation is 3. The third kappa shape index (κ3) is 5.45. The number of halogens is 2. The van der Waals surface area contributed by atoms with Crippen molar-refractivity contribution in [2.24, 2.45) is 0 Å². The molecule has 0 aliphatic rings. The molecule has 0 unspecified atom stereocenters. The molecule has 0 spiro atoms. The highest BCUT2D eigenvalue weighted by molar-refractivity contribution is 7.89. The van der Waals surface area contributed by atoms with Crippen LogP contribution in [0.2, 0.25) is 5.02 Å². The van der Waals surface area contributed by atoms with Crippen molar-refractivity contribution in [3.05, 3.63) is 68.4 Å². The van der Waals surface area contributed by atoms with E-state index in [0.29, 0.717) is 12.1 Å². The maximum absolute atomic E-state index is 13.2. The van der Waals surface area contributed by atoms with Crippen molar-refractivity contribution >= 4 is 38.7 Å². The summed E-state index contributed by atoms with van der Waals surface area (Å²) in [7, 11) is -3.91. The first kappa shape index (κ1) is 22.4. The first-order chi connectivity index (χ1) is 14.2. The predicted octanol–water partition coefficient (Wildman–Crippen LogP) is 3.64. The molecule has 2 aromatic heterocycles. The lowest BCUT2D eigenvalue weighted by atomic mass is 10.1. The molecule has 3 rings (SSSR count). The van der Waals surface area contributed by atoms with Crippen molar-refractivity contribution < 1.29 is 17.6 Å². The standard InChI is InChI=1S/C19H18ClFN4O3S2/c1-11-19(29-12(2)25-11)6-5-18(26)17-10-22-13(8-23-17)9-24-30(27,28)14-3-4-16(21)15(20)7-14/h3-4,7-8,10,24H,5-6,9H2,1-2H3. The van der Waals surface area contributed by atoms with E-state index in [0.717, 1.165) is 33.8 Å². The number of hydrogen-bond donors (Lipinski definition) is 1. The van der Waals surface area contributed by atoms with E-state index in [1.165, 1.54) is 12.4 Å². The van der Waals surface area contributed by atoms with Gasteiger partial charge in [0.1, 0.15) is 11.5 Å². The summed E-state index contributed by atoms with van der Waals surface area (Å²) in [6.07, 6.45) is 3.54. The van der Waals surface area contributed by atoms with Crippen LogP contribution in [0.4, 0.5) is 4.39 Å². The summed E-state index contributed by atoms with van der Waals surface area (Å²) in [6.45, 7) is 3.70. The summed E-state index contributed by atoms with van der Waals surface area (Å²) in [5.41, 5.74) is 1.48. The number of thiazole rings is 1. The van der Waals surface area contributed by atoms with E-state index in [4.69, 9.17) is 11.6 Å². The Morgan fingerprint density at radius 1 is 1.23 bits per heavy atom. The van der Waals surface area contributed by atoms with E-state index in [2.05, 4.69) is 19.7 Å². The molecular formula is C19H18ClFN4O3S2. The van der Waals surface area contributed by atoms with Crippen LogP contribution in [0.15, 0.2) is 35.5 Å². The Bertz CT molecular complexity index is 1180. The fraction of sp³-hybridized carbons (Fsp3) is 0.263. The maximum Gasteiger partial charge on any atom is 0.240 e. The Labute approximate surface area is 182 Å². The second kappa shape index (κ2) is 9.25. The highest BCUT2D eigenvalue weighted by atomic mass is 35.5. The molecule has 0 saturated carbocycles. The number of aromatic nitrogens is 3. The summed E-state index contributed by atoms with van der Waals surface area (Å²) >= 11 is 7.20. The molecule has 11 heteroatoms. The summed E-state index contributed by atoms with van der Waals surface area (Å²) < 4.78 is 40.1. The fourth-order valence-corrected chi connectivity index (χ4v) is 4.85. The number of carbonyl (C=O) groups excluding carboxylic acids is 1. The summed E-state index contributed by atoms with van der Waals surface area (Å²) in [4.78, 5) is 25.8. The summed E-state index contributed by atoms with van der Waals surface area (Å²) in [5.74, 6) is -0.858. The quantitative estimate of drug-likeness (QED) is 0.506. The maximum atomic E-state index is 13.2. The van der Waals surface area contributed by atoms with Gasteiger partial charge in [0.25, 0.3) is 0 Å². The van der Waals surface area contributed by atoms with Crippen LogP contribution in [-0.2, 0) is 23.0 Å². The van der Waals surface area contributed by atoms with Crippen LogP contribution in [0.1, 0.15) is 38.2 Å². The number of Topliss-reactive ketones (excluding diaryl/α,β-unsaturated/α-hetero) is 1. The Hall–Kier alpha value is -2.27. The predicted molar refractivity (Wildman–Crippen MR) is 112 cm³/mol. The minimum Gasteiger partial charge on any atom is -0.292 e. The normalized spacial score (nSPS) is 11.6. The Kier molecular flexibility index (Phi) is 6.91. The van der Waals surface area contributed by atoms with Crippen LogP contribution in [0.3, 0.4) is 0 Å². The molecule has 0 fully saturated rings. The van der Waals surface area contributed by atoms with E-state index >= 15 is 0 Å². The second-order valence-electron chi connectivity index (χ2n) is 6.46. The average molecular weight is 469 g/mol. The van der Waals surface area contributed by atoms with Gasteiger partial charge in [-0.2, -0.15) is 0 Å². The molecule has 2 heterocycles. The molecule has 0 atom stereocenters. The molecule has 158 valence electrons. The minimum atomic E-state index is -3.91. The third-order valence-electron chi connectivity index (χ3n) is 4.21. The molecule has 0 radical (unpaired) electrons. The number of nitrogens with zero attached hydrogens (tertiary/aromatic N) is 3. The number of nitrogens with one attached hydrogen (secondary N) is 1. The lowest BCUT2D eigenvalue weighted by Crippen LogP contribution is -2.24. The zero-order valence-electron chi connectivity index (χ0n) is 16.1. The Balaban J connectivity index is 1.59. The van der Waals surface area contributed by atoms with Gasteiger partial charge >= 0.3 is 0 Å². The number of hydrogen-bond acceptors (Lipinski definition) is 7. The zero-order valence-corrected chi connectivity index (χ0v) is 18.5. The molecule has 0 saturated heterocycles. The lowest BCUT2D eigenvalue weighted by molar-refractivity contribution is 0.0978. The molecule has 0 amide bonds. The van der Waals surface area contributed by atoms with E-state index in [1.54, 1.807) is 11.3 Å². The molecule has 7 nitrogen and oxygen atoms in total. The number of ketones is 1. The van der Waals surface area contributed by atoms with E-state index in [9.17, 15) is 17.6 Å². The van der Waals surface area contributed by atoms with Crippen molar-refractivity contribution in [2.45, 2.75) is 38.1 Å². The van der Waals surface area contributed by atoms with Gasteiger partial charge < -0.3 is 0 Å². The summed E-state index contributed by atoms with van der Waals surface area (Å²) in [6, 6.07) is 3.12. The molecule has 3 aromatic rings. The van der Waals surface area contributed by atoms with Crippen molar-refractivity contribution in [1.82, 2.24) is 19.7 Å². The first-order valence-electron chi connectivity index (χ1n) is 8.87. The van der Waals surface area contributed by atoms with Gasteiger partial charge in [0.15, 0.2) is 5.78 Å². The molecule has 0 bridgehead atoms. The van der Waals surface area contributed by atoms with Crippen LogP contribution in [-0.4, -0.2) is 29.2 Å². The van der Waals surface area contributed by atoms with E-state index in [1.807, 2.05) is 13.8 Å². The largest absolute Gasteiger partial charge is 0.292 e. The van der Waals surface area contributed by atoms with E-state index in [-0.39, 0.29) is 34.4 Å². The Morgan fingerprint density at radius 2 is 2.00 bits per heavy atom. The van der Waals surface area contributed by atoms with Gasteiger partial charge in [-0.15, -0.1) is 11.3 Å². The smallest absolute Gasteiger partial charge is 0.240 e. The fourth-order valence-electron chi connectivity index (χ4n) is 2.65. The van der Waals surface area contributed by atoms with Gasteiger partial charge in [-0.05, 0) is 38.5 Å². The minimum absolute atomic E-state index is 0.141. The first-order valence-corrected chi connectivity index (χ1v) is 11.5. The molecule has 0 aliphatic heterocycles. The zero-order chi connectivity index (χ0) is 21.9. The van der Waals surface area contributed by atoms with Crippen molar-refractivity contribution in [3.8, 4) is 0 Å². The van der Waals surface area contributed by atoms with E-state index < -0.39 is 15.8 Å². The Morgan fingerprint density at radius 3 is 2.60 bits per heavy atom. The lowest BCUT2D eigenvalue weighted by Gasteiger charge is -2.07. The summed E-state index contributed by atoms with van der Waals surface area (Å²) in [5, 5.41) is 0.675. The van der Waals surface area contributed by atoms with Crippen molar-refractivity contribution in [2.75, 3.05) is 0 Å². The third-order valence-corrected chi connectivity index (χ3v) is 7.04. The van der Waals surface area contributed by atoms with Gasteiger partial charge in [0, 0.05) is 11.3 Å². The second-order valence-corrected chi connectivity index (χ2v) is 9.92. The number of benzene rings is 1. The van der Waals surface area contributed by atoms with Crippen LogP contribution in [0.25, 0.3) is 0 Å². The highest BCUT2D eigenvalue weighted by Gasteiger charge is 2.17. The van der Waals surface area contributed by atoms with Crippen LogP contribution < -0.4 is 4.72 Å². The van der Waals surface area contributed by atoms with Gasteiger partial charge in [-0.25, -0.2) is 27.5 Å². The molecule has 30 heavy (non-hydrogen) atoms. The van der Waals surface area contributed by atoms with Crippen molar-refractivity contribution in [1.29, 1.82) is 0 Å². The number of sulfonamides is 1.